The van der Waals surface area contributed by atoms with E-state index in [-0.39, 0.29) is 17.7 Å². The van der Waals surface area contributed by atoms with E-state index in [1.54, 1.807) is 19.3 Å². The number of anilines is 1. The molecular weight excluding hydrogens is 467 g/mol. The first-order valence-electron chi connectivity index (χ1n) is 10.5. The highest BCUT2D eigenvalue weighted by Gasteiger charge is 2.29. The van der Waals surface area contributed by atoms with Crippen molar-refractivity contribution >= 4 is 46.7 Å². The van der Waals surface area contributed by atoms with Gasteiger partial charge in [-0.05, 0) is 43.4 Å². The lowest BCUT2D eigenvalue weighted by Crippen LogP contribution is -2.23. The molecule has 1 aliphatic rings. The van der Waals surface area contributed by atoms with Gasteiger partial charge in [-0.25, -0.2) is 4.98 Å². The highest BCUT2D eigenvalue weighted by Crippen LogP contribution is 2.39. The molecule has 1 amide bonds. The molecular formula is C22H24Cl2N6OS. The summed E-state index contributed by atoms with van der Waals surface area (Å²) in [5.41, 5.74) is 1.60. The third-order valence-corrected chi connectivity index (χ3v) is 7.56. The molecule has 1 fully saturated rings. The molecule has 0 spiro atoms. The second-order valence-corrected chi connectivity index (χ2v) is 9.71. The molecule has 168 valence electrons. The summed E-state index contributed by atoms with van der Waals surface area (Å²) in [4.78, 5) is 21.0. The zero-order valence-electron chi connectivity index (χ0n) is 17.9. The quantitative estimate of drug-likeness (QED) is 0.437. The molecule has 10 heteroatoms. The Morgan fingerprint density at radius 2 is 2.06 bits per heavy atom. The van der Waals surface area contributed by atoms with Gasteiger partial charge >= 0.3 is 0 Å². The molecule has 0 aliphatic heterocycles. The van der Waals surface area contributed by atoms with Crippen molar-refractivity contribution in [1.29, 1.82) is 0 Å². The summed E-state index contributed by atoms with van der Waals surface area (Å²) in [7, 11) is 0. The van der Waals surface area contributed by atoms with Crippen LogP contribution in [0.4, 0.5) is 5.82 Å². The first-order chi connectivity index (χ1) is 15.5. The number of hydrogen-bond donors (Lipinski definition) is 1. The van der Waals surface area contributed by atoms with Gasteiger partial charge in [-0.15, -0.1) is 10.2 Å². The van der Waals surface area contributed by atoms with E-state index in [9.17, 15) is 4.79 Å². The van der Waals surface area contributed by atoms with Crippen molar-refractivity contribution < 1.29 is 4.79 Å². The van der Waals surface area contributed by atoms with Gasteiger partial charge in [0.05, 0.1) is 15.8 Å². The van der Waals surface area contributed by atoms with Gasteiger partial charge in [0, 0.05) is 30.2 Å². The molecule has 32 heavy (non-hydrogen) atoms. The summed E-state index contributed by atoms with van der Waals surface area (Å²) in [5, 5.41) is 13.2. The lowest BCUT2D eigenvalue weighted by Gasteiger charge is -2.31. The van der Waals surface area contributed by atoms with Crippen molar-refractivity contribution in [2.45, 2.75) is 50.7 Å². The molecule has 1 aliphatic carbocycles. The Morgan fingerprint density at radius 1 is 1.25 bits per heavy atom. The average Bonchev–Trinajstić information content (AvgIpc) is 3.23. The van der Waals surface area contributed by atoms with Gasteiger partial charge in [0.25, 0.3) is 0 Å². The standard InChI is InChI=1S/C22H24Cl2N6OS/c1-13-6-3-4-8-17(13)30-21(15-7-5-9-25-10-15)28-29-22(30)32-12-18(31)27-20-19(24)14(2)16(23)11-26-20/h5,7,9-11,13,17H,3-4,6,8,12H2,1-2H3,(H,26,27,31). The van der Waals surface area contributed by atoms with Crippen molar-refractivity contribution in [3.8, 4) is 11.4 Å². The predicted octanol–water partition coefficient (Wildman–Crippen LogP) is 5.83. The van der Waals surface area contributed by atoms with E-state index in [0.717, 1.165) is 23.0 Å². The topological polar surface area (TPSA) is 85.6 Å². The molecule has 3 aromatic heterocycles. The number of thioether (sulfide) groups is 1. The largest absolute Gasteiger partial charge is 0.309 e. The first-order valence-corrected chi connectivity index (χ1v) is 12.3. The van der Waals surface area contributed by atoms with Crippen LogP contribution in [0.5, 0.6) is 0 Å². The zero-order valence-corrected chi connectivity index (χ0v) is 20.2. The van der Waals surface area contributed by atoms with Gasteiger partial charge < -0.3 is 5.32 Å². The van der Waals surface area contributed by atoms with Crippen molar-refractivity contribution in [2.75, 3.05) is 11.1 Å². The number of carbonyl (C=O) groups excluding carboxylic acids is 1. The van der Waals surface area contributed by atoms with Gasteiger partial charge in [-0.1, -0.05) is 54.7 Å². The molecule has 3 aromatic rings. The highest BCUT2D eigenvalue weighted by molar-refractivity contribution is 7.99. The lowest BCUT2D eigenvalue weighted by atomic mass is 9.85. The summed E-state index contributed by atoms with van der Waals surface area (Å²) < 4.78 is 2.19. The van der Waals surface area contributed by atoms with Gasteiger partial charge in [0.1, 0.15) is 0 Å². The fourth-order valence-electron chi connectivity index (χ4n) is 3.99. The van der Waals surface area contributed by atoms with Crippen molar-refractivity contribution in [3.63, 3.8) is 0 Å². The lowest BCUT2D eigenvalue weighted by molar-refractivity contribution is -0.113. The summed E-state index contributed by atoms with van der Waals surface area (Å²) >= 11 is 13.7. The molecule has 1 saturated carbocycles. The van der Waals surface area contributed by atoms with E-state index in [0.29, 0.717) is 27.3 Å². The number of halogens is 2. The summed E-state index contributed by atoms with van der Waals surface area (Å²) in [6.07, 6.45) is 9.66. The first kappa shape index (κ1) is 23.0. The minimum absolute atomic E-state index is 0.159. The van der Waals surface area contributed by atoms with E-state index in [4.69, 9.17) is 23.2 Å². The predicted molar refractivity (Wildman–Crippen MR) is 128 cm³/mol. The molecule has 0 radical (unpaired) electrons. The van der Waals surface area contributed by atoms with Crippen molar-refractivity contribution in [3.05, 3.63) is 46.3 Å². The van der Waals surface area contributed by atoms with Gasteiger partial charge in [0.2, 0.25) is 5.91 Å². The van der Waals surface area contributed by atoms with Crippen LogP contribution in [-0.4, -0.2) is 36.4 Å². The maximum atomic E-state index is 12.6. The minimum atomic E-state index is -0.222. The van der Waals surface area contributed by atoms with Crippen LogP contribution in [0.1, 0.15) is 44.2 Å². The molecule has 3 heterocycles. The van der Waals surface area contributed by atoms with Gasteiger partial charge in [0.15, 0.2) is 16.8 Å². The molecule has 2 atom stereocenters. The van der Waals surface area contributed by atoms with Crippen LogP contribution in [0.25, 0.3) is 11.4 Å². The molecule has 0 saturated heterocycles. The van der Waals surface area contributed by atoms with Crippen LogP contribution < -0.4 is 5.32 Å². The smallest absolute Gasteiger partial charge is 0.236 e. The molecule has 4 rings (SSSR count). The third-order valence-electron chi connectivity index (χ3n) is 5.77. The highest BCUT2D eigenvalue weighted by atomic mass is 35.5. The molecule has 1 N–H and O–H groups in total. The second-order valence-electron chi connectivity index (χ2n) is 7.98. The van der Waals surface area contributed by atoms with Crippen molar-refractivity contribution in [2.24, 2.45) is 5.92 Å². The number of carbonyl (C=O) groups is 1. The zero-order chi connectivity index (χ0) is 22.7. The van der Waals surface area contributed by atoms with E-state index >= 15 is 0 Å². The SMILES string of the molecule is Cc1c(Cl)cnc(NC(=O)CSc2nnc(-c3cccnc3)n2C2CCCCC2C)c1Cl. The van der Waals surface area contributed by atoms with E-state index in [2.05, 4.69) is 37.0 Å². The van der Waals surface area contributed by atoms with Crippen LogP contribution in [0.15, 0.2) is 35.9 Å². The van der Waals surface area contributed by atoms with Crippen LogP contribution in [0, 0.1) is 12.8 Å². The number of nitrogens with one attached hydrogen (secondary N) is 1. The Bertz CT molecular complexity index is 1110. The van der Waals surface area contributed by atoms with Crippen LogP contribution in [0.3, 0.4) is 0 Å². The third kappa shape index (κ3) is 4.92. The number of aromatic nitrogens is 5. The summed E-state index contributed by atoms with van der Waals surface area (Å²) in [6, 6.07) is 4.16. The Kier molecular flexibility index (Phi) is 7.33. The fourth-order valence-corrected chi connectivity index (χ4v) is 5.17. The molecule has 2 unspecified atom stereocenters. The molecule has 7 nitrogen and oxygen atoms in total. The Hall–Kier alpha value is -2.16. The van der Waals surface area contributed by atoms with Gasteiger partial charge in [-0.2, -0.15) is 0 Å². The van der Waals surface area contributed by atoms with Crippen LogP contribution in [-0.2, 0) is 4.79 Å². The summed E-state index contributed by atoms with van der Waals surface area (Å²) in [6.45, 7) is 4.05. The number of rotatable bonds is 6. The minimum Gasteiger partial charge on any atom is -0.309 e. The molecule has 0 aromatic carbocycles. The normalized spacial score (nSPS) is 18.5. The maximum absolute atomic E-state index is 12.6. The van der Waals surface area contributed by atoms with Crippen molar-refractivity contribution in [1.82, 2.24) is 24.7 Å². The van der Waals surface area contributed by atoms with E-state index in [1.165, 1.54) is 37.2 Å². The second kappa shape index (κ2) is 10.2. The molecule has 0 bridgehead atoms. The van der Waals surface area contributed by atoms with E-state index < -0.39 is 0 Å². The number of pyridine rings is 2. The maximum Gasteiger partial charge on any atom is 0.236 e. The van der Waals surface area contributed by atoms with Gasteiger partial charge in [-0.3, -0.25) is 14.3 Å². The fraction of sp³-hybridized carbons (Fsp3) is 0.409. The number of nitrogens with zero attached hydrogens (tertiary/aromatic N) is 5. The number of amides is 1. The van der Waals surface area contributed by atoms with Crippen LogP contribution in [0.2, 0.25) is 10.0 Å². The Morgan fingerprint density at radius 3 is 2.81 bits per heavy atom. The van der Waals surface area contributed by atoms with E-state index in [1.807, 2.05) is 12.1 Å². The summed E-state index contributed by atoms with van der Waals surface area (Å²) in [5.74, 6) is 1.53. The number of hydrogen-bond acceptors (Lipinski definition) is 6. The van der Waals surface area contributed by atoms with Crippen LogP contribution >= 0.6 is 35.0 Å². The average molecular weight is 491 g/mol. The monoisotopic (exact) mass is 490 g/mol. The Balaban J connectivity index is 1.55. The Labute approximate surface area is 201 Å².